The van der Waals surface area contributed by atoms with Crippen LogP contribution >= 0.6 is 11.3 Å². The van der Waals surface area contributed by atoms with Gasteiger partial charge < -0.3 is 15.4 Å². The van der Waals surface area contributed by atoms with Crippen molar-refractivity contribution in [2.75, 3.05) is 11.9 Å². The smallest absolute Gasteiger partial charge is 0.410 e. The molecule has 1 aromatic heterocycles. The Balaban J connectivity index is 1.17. The van der Waals surface area contributed by atoms with Crippen molar-refractivity contribution in [3.8, 4) is 11.3 Å². The summed E-state index contributed by atoms with van der Waals surface area (Å²) in [6, 6.07) is 16.4. The average molecular weight is 491 g/mol. The fourth-order valence-electron chi connectivity index (χ4n) is 4.00. The van der Waals surface area contributed by atoms with E-state index in [9.17, 15) is 14.4 Å². The first-order chi connectivity index (χ1) is 17.1. The SMILES string of the molecule is O=C(NC1CC1)c1ccc(-c2csc(NC(=O)[C@@H]3CCCN3C(=O)OCc3ccccc3)n2)cc1. The summed E-state index contributed by atoms with van der Waals surface area (Å²) in [5.74, 6) is -0.333. The Bertz CT molecular complexity index is 1210. The summed E-state index contributed by atoms with van der Waals surface area (Å²) < 4.78 is 5.42. The van der Waals surface area contributed by atoms with Crippen molar-refractivity contribution < 1.29 is 19.1 Å². The van der Waals surface area contributed by atoms with Gasteiger partial charge in [0.15, 0.2) is 5.13 Å². The van der Waals surface area contributed by atoms with E-state index in [1.807, 2.05) is 47.8 Å². The van der Waals surface area contributed by atoms with Crippen LogP contribution in [0.3, 0.4) is 0 Å². The van der Waals surface area contributed by atoms with Crippen LogP contribution in [0, 0.1) is 0 Å². The number of ether oxygens (including phenoxy) is 1. The number of benzene rings is 2. The monoisotopic (exact) mass is 490 g/mol. The maximum Gasteiger partial charge on any atom is 0.410 e. The molecule has 1 aliphatic carbocycles. The molecule has 1 atom stereocenters. The molecule has 2 aromatic carbocycles. The van der Waals surface area contributed by atoms with Crippen LogP contribution in [0.4, 0.5) is 9.93 Å². The van der Waals surface area contributed by atoms with Crippen molar-refractivity contribution in [2.24, 2.45) is 0 Å². The summed E-state index contributed by atoms with van der Waals surface area (Å²) in [5.41, 5.74) is 3.08. The molecule has 0 spiro atoms. The summed E-state index contributed by atoms with van der Waals surface area (Å²) in [5, 5.41) is 8.14. The van der Waals surface area contributed by atoms with Gasteiger partial charge in [-0.25, -0.2) is 9.78 Å². The summed E-state index contributed by atoms with van der Waals surface area (Å²) in [6.07, 6.45) is 2.92. The number of nitrogens with one attached hydrogen (secondary N) is 2. The van der Waals surface area contributed by atoms with E-state index in [4.69, 9.17) is 4.74 Å². The lowest BCUT2D eigenvalue weighted by Crippen LogP contribution is -2.43. The fourth-order valence-corrected chi connectivity index (χ4v) is 4.72. The normalized spacial score (nSPS) is 17.1. The highest BCUT2D eigenvalue weighted by atomic mass is 32.1. The Labute approximate surface area is 207 Å². The molecule has 1 aliphatic heterocycles. The molecule has 3 amide bonds. The van der Waals surface area contributed by atoms with Crippen molar-refractivity contribution in [1.29, 1.82) is 0 Å². The molecule has 8 nitrogen and oxygen atoms in total. The van der Waals surface area contributed by atoms with Crippen LogP contribution in [0.25, 0.3) is 11.3 Å². The molecule has 1 saturated heterocycles. The topological polar surface area (TPSA) is 101 Å². The van der Waals surface area contributed by atoms with Crippen LogP contribution in [0.15, 0.2) is 60.0 Å². The molecular formula is C26H26N4O4S. The largest absolute Gasteiger partial charge is 0.445 e. The molecule has 2 heterocycles. The summed E-state index contributed by atoms with van der Waals surface area (Å²) >= 11 is 1.32. The van der Waals surface area contributed by atoms with Crippen molar-refractivity contribution in [1.82, 2.24) is 15.2 Å². The second-order valence-electron chi connectivity index (χ2n) is 8.74. The molecule has 35 heavy (non-hydrogen) atoms. The van der Waals surface area contributed by atoms with Gasteiger partial charge in [0.1, 0.15) is 12.6 Å². The van der Waals surface area contributed by atoms with Crippen LogP contribution in [0.5, 0.6) is 0 Å². The Morgan fingerprint density at radius 2 is 1.80 bits per heavy atom. The standard InChI is InChI=1S/C26H26N4O4S/c31-23(27-20-12-13-20)19-10-8-18(9-11-19)21-16-35-25(28-21)29-24(32)22-7-4-14-30(22)26(33)34-15-17-5-2-1-3-6-17/h1-3,5-6,8-11,16,20,22H,4,7,12-15H2,(H,27,31)(H,28,29,32)/t22-/m0/s1. The number of hydrogen-bond acceptors (Lipinski definition) is 6. The quantitative estimate of drug-likeness (QED) is 0.510. The number of carbonyl (C=O) groups excluding carboxylic acids is 3. The van der Waals surface area contributed by atoms with Gasteiger partial charge in [0.05, 0.1) is 5.69 Å². The lowest BCUT2D eigenvalue weighted by molar-refractivity contribution is -0.120. The van der Waals surface area contributed by atoms with E-state index >= 15 is 0 Å². The zero-order valence-corrected chi connectivity index (χ0v) is 19.9. The van der Waals surface area contributed by atoms with Crippen molar-refractivity contribution in [3.05, 3.63) is 71.1 Å². The Morgan fingerprint density at radius 3 is 2.54 bits per heavy atom. The summed E-state index contributed by atoms with van der Waals surface area (Å²) in [6.45, 7) is 0.650. The van der Waals surface area contributed by atoms with E-state index in [0.717, 1.165) is 30.4 Å². The van der Waals surface area contributed by atoms with Crippen LogP contribution in [-0.2, 0) is 16.1 Å². The molecule has 2 fully saturated rings. The minimum atomic E-state index is -0.588. The number of nitrogens with zero attached hydrogens (tertiary/aromatic N) is 2. The predicted octanol–water partition coefficient (Wildman–Crippen LogP) is 4.44. The van der Waals surface area contributed by atoms with Gasteiger partial charge in [-0.15, -0.1) is 11.3 Å². The molecule has 9 heteroatoms. The number of thiazole rings is 1. The first kappa shape index (κ1) is 23.0. The molecule has 1 saturated carbocycles. The summed E-state index contributed by atoms with van der Waals surface area (Å²) in [4.78, 5) is 43.7. The number of likely N-dealkylation sites (tertiary alicyclic amines) is 1. The fraction of sp³-hybridized carbons (Fsp3) is 0.308. The first-order valence-corrected chi connectivity index (χ1v) is 12.6. The number of rotatable bonds is 7. The molecule has 0 unspecified atom stereocenters. The Kier molecular flexibility index (Phi) is 6.76. The van der Waals surface area contributed by atoms with Crippen molar-refractivity contribution in [3.63, 3.8) is 0 Å². The van der Waals surface area contributed by atoms with Crippen LogP contribution in [0.2, 0.25) is 0 Å². The molecule has 5 rings (SSSR count). The Hall–Kier alpha value is -3.72. The number of aromatic nitrogens is 1. The third kappa shape index (κ3) is 5.68. The number of carbonyl (C=O) groups is 3. The third-order valence-corrected chi connectivity index (χ3v) is 6.84. The van der Waals surface area contributed by atoms with Crippen LogP contribution in [0.1, 0.15) is 41.6 Å². The van der Waals surface area contributed by atoms with Crippen LogP contribution in [-0.4, -0.2) is 46.4 Å². The molecule has 2 N–H and O–H groups in total. The number of hydrogen-bond donors (Lipinski definition) is 2. The molecule has 0 radical (unpaired) electrons. The maximum atomic E-state index is 12.9. The van der Waals surface area contributed by atoms with E-state index < -0.39 is 12.1 Å². The second kappa shape index (κ2) is 10.3. The average Bonchev–Trinajstić information content (AvgIpc) is 3.35. The van der Waals surface area contributed by atoms with Gasteiger partial charge in [0, 0.05) is 29.1 Å². The summed E-state index contributed by atoms with van der Waals surface area (Å²) in [7, 11) is 0. The second-order valence-corrected chi connectivity index (χ2v) is 9.60. The van der Waals surface area contributed by atoms with Crippen molar-refractivity contribution in [2.45, 2.75) is 44.4 Å². The third-order valence-electron chi connectivity index (χ3n) is 6.08. The van der Waals surface area contributed by atoms with Gasteiger partial charge in [-0.2, -0.15) is 0 Å². The minimum absolute atomic E-state index is 0.0614. The van der Waals surface area contributed by atoms with Gasteiger partial charge in [-0.1, -0.05) is 42.5 Å². The molecule has 180 valence electrons. The Morgan fingerprint density at radius 1 is 1.03 bits per heavy atom. The highest BCUT2D eigenvalue weighted by molar-refractivity contribution is 7.14. The predicted molar refractivity (Wildman–Crippen MR) is 133 cm³/mol. The van der Waals surface area contributed by atoms with Gasteiger partial charge >= 0.3 is 6.09 Å². The van der Waals surface area contributed by atoms with E-state index in [2.05, 4.69) is 15.6 Å². The highest BCUT2D eigenvalue weighted by Gasteiger charge is 2.35. The van der Waals surface area contributed by atoms with E-state index in [0.29, 0.717) is 35.4 Å². The van der Waals surface area contributed by atoms with Gasteiger partial charge in [-0.3, -0.25) is 14.5 Å². The van der Waals surface area contributed by atoms with E-state index in [1.165, 1.54) is 16.2 Å². The van der Waals surface area contributed by atoms with Crippen LogP contribution < -0.4 is 10.6 Å². The zero-order valence-electron chi connectivity index (χ0n) is 19.1. The van der Waals surface area contributed by atoms with E-state index in [1.54, 1.807) is 12.1 Å². The molecule has 2 aliphatic rings. The lowest BCUT2D eigenvalue weighted by Gasteiger charge is -2.22. The molecule has 0 bridgehead atoms. The first-order valence-electron chi connectivity index (χ1n) is 11.7. The van der Waals surface area contributed by atoms with Gasteiger partial charge in [0.2, 0.25) is 5.91 Å². The minimum Gasteiger partial charge on any atom is -0.445 e. The lowest BCUT2D eigenvalue weighted by atomic mass is 10.1. The molecular weight excluding hydrogens is 464 g/mol. The number of anilines is 1. The maximum absolute atomic E-state index is 12.9. The van der Waals surface area contributed by atoms with Gasteiger partial charge in [0.25, 0.3) is 5.91 Å². The molecule has 3 aromatic rings. The van der Waals surface area contributed by atoms with Crippen molar-refractivity contribution >= 4 is 34.4 Å². The van der Waals surface area contributed by atoms with Gasteiger partial charge in [-0.05, 0) is 43.4 Å². The number of amides is 3. The highest BCUT2D eigenvalue weighted by Crippen LogP contribution is 2.27. The van der Waals surface area contributed by atoms with E-state index in [-0.39, 0.29) is 18.4 Å². The zero-order chi connectivity index (χ0) is 24.2.